The molecule has 0 aromatic carbocycles. The molecule has 2 rings (SSSR count). The van der Waals surface area contributed by atoms with Crippen molar-refractivity contribution in [1.29, 1.82) is 0 Å². The van der Waals surface area contributed by atoms with Crippen molar-refractivity contribution < 1.29 is 0 Å². The van der Waals surface area contributed by atoms with Gasteiger partial charge in [-0.3, -0.25) is 4.98 Å². The highest BCUT2D eigenvalue weighted by atomic mass is 32.1. The van der Waals surface area contributed by atoms with E-state index in [2.05, 4.69) is 36.2 Å². The number of pyridine rings is 1. The topological polar surface area (TPSA) is 12.9 Å². The summed E-state index contributed by atoms with van der Waals surface area (Å²) in [6.07, 6.45) is 3.06. The third kappa shape index (κ3) is 1.85. The number of hydrogen-bond donors (Lipinski definition) is 0. The smallest absolute Gasteiger partial charge is 0.0373 e. The van der Waals surface area contributed by atoms with E-state index in [1.54, 1.807) is 0 Å². The zero-order valence-electron chi connectivity index (χ0n) is 8.45. The molecule has 0 saturated carbocycles. The van der Waals surface area contributed by atoms with Crippen molar-refractivity contribution >= 4 is 11.3 Å². The first kappa shape index (κ1) is 9.41. The average molecular weight is 203 g/mol. The molecule has 0 amide bonds. The van der Waals surface area contributed by atoms with Gasteiger partial charge in [-0.2, -0.15) is 0 Å². The van der Waals surface area contributed by atoms with Crippen molar-refractivity contribution in [2.75, 3.05) is 0 Å². The number of thiophene rings is 1. The summed E-state index contributed by atoms with van der Waals surface area (Å²) in [7, 11) is 0. The first-order chi connectivity index (χ1) is 6.79. The molecule has 0 aliphatic carbocycles. The van der Waals surface area contributed by atoms with Crippen LogP contribution in [0.3, 0.4) is 0 Å². The molecule has 0 unspecified atom stereocenters. The van der Waals surface area contributed by atoms with Crippen LogP contribution in [0.15, 0.2) is 30.5 Å². The summed E-state index contributed by atoms with van der Waals surface area (Å²) in [5, 5.41) is 0. The molecule has 1 nitrogen and oxygen atoms in total. The van der Waals surface area contributed by atoms with Crippen LogP contribution >= 0.6 is 11.3 Å². The molecular formula is C12H13NS. The second-order valence-corrected chi connectivity index (χ2v) is 4.48. The maximum absolute atomic E-state index is 4.30. The molecule has 0 aliphatic heterocycles. The van der Waals surface area contributed by atoms with E-state index >= 15 is 0 Å². The molecule has 0 atom stereocenters. The van der Waals surface area contributed by atoms with Gasteiger partial charge in [0.15, 0.2) is 0 Å². The highest BCUT2D eigenvalue weighted by molar-refractivity contribution is 7.15. The maximum Gasteiger partial charge on any atom is 0.0373 e. The van der Waals surface area contributed by atoms with Crippen molar-refractivity contribution in [3.8, 4) is 10.4 Å². The van der Waals surface area contributed by atoms with Crippen molar-refractivity contribution in [2.45, 2.75) is 20.3 Å². The Morgan fingerprint density at radius 3 is 2.64 bits per heavy atom. The number of hydrogen-bond acceptors (Lipinski definition) is 2. The minimum Gasteiger partial charge on any atom is -0.261 e. The van der Waals surface area contributed by atoms with E-state index in [1.807, 2.05) is 24.5 Å². The number of aryl methyl sites for hydroxylation is 2. The predicted molar refractivity (Wildman–Crippen MR) is 61.7 cm³/mol. The van der Waals surface area contributed by atoms with Crippen LogP contribution < -0.4 is 0 Å². The Hall–Kier alpha value is -1.15. The third-order valence-electron chi connectivity index (χ3n) is 2.21. The van der Waals surface area contributed by atoms with Gasteiger partial charge in [-0.25, -0.2) is 0 Å². The minimum atomic E-state index is 1.07. The lowest BCUT2D eigenvalue weighted by molar-refractivity contribution is 1.19. The van der Waals surface area contributed by atoms with Crippen molar-refractivity contribution in [3.05, 3.63) is 41.0 Å². The Morgan fingerprint density at radius 1 is 1.21 bits per heavy atom. The lowest BCUT2D eigenvalue weighted by atomic mass is 10.2. The largest absolute Gasteiger partial charge is 0.261 e. The Kier molecular flexibility index (Phi) is 2.64. The van der Waals surface area contributed by atoms with Crippen LogP contribution in [0.4, 0.5) is 0 Å². The molecule has 2 heteroatoms. The Morgan fingerprint density at radius 2 is 2.07 bits per heavy atom. The monoisotopic (exact) mass is 203 g/mol. The second-order valence-electron chi connectivity index (χ2n) is 3.31. The van der Waals surface area contributed by atoms with Gasteiger partial charge in [0.2, 0.25) is 0 Å². The Balaban J connectivity index is 2.34. The van der Waals surface area contributed by atoms with Crippen LogP contribution in [0.5, 0.6) is 0 Å². The van der Waals surface area contributed by atoms with Gasteiger partial charge in [0.05, 0.1) is 0 Å². The molecule has 72 valence electrons. The van der Waals surface area contributed by atoms with Gasteiger partial charge in [-0.15, -0.1) is 11.3 Å². The molecule has 0 saturated heterocycles. The van der Waals surface area contributed by atoms with Gasteiger partial charge in [-0.1, -0.05) is 13.0 Å². The lowest BCUT2D eigenvalue weighted by Gasteiger charge is -1.96. The average Bonchev–Trinajstić information content (AvgIpc) is 2.67. The molecule has 0 spiro atoms. The summed E-state index contributed by atoms with van der Waals surface area (Å²) >= 11 is 1.85. The molecule has 0 aliphatic rings. The Labute approximate surface area is 88.4 Å². The molecule has 0 N–H and O–H groups in total. The molecule has 0 radical (unpaired) electrons. The fourth-order valence-corrected chi connectivity index (χ4v) is 2.27. The Bertz CT molecular complexity index is 414. The zero-order chi connectivity index (χ0) is 9.97. The molecule has 14 heavy (non-hydrogen) atoms. The summed E-state index contributed by atoms with van der Waals surface area (Å²) in [6, 6.07) is 8.56. The van der Waals surface area contributed by atoms with Gasteiger partial charge in [-0.05, 0) is 31.5 Å². The SMILES string of the molecule is CCc1ccc(-c2ccc(C)nc2)s1. The van der Waals surface area contributed by atoms with E-state index in [0.29, 0.717) is 0 Å². The molecule has 0 bridgehead atoms. The molecule has 0 fully saturated rings. The van der Waals surface area contributed by atoms with E-state index in [4.69, 9.17) is 0 Å². The van der Waals surface area contributed by atoms with Crippen LogP contribution in [0.25, 0.3) is 10.4 Å². The quantitative estimate of drug-likeness (QED) is 0.725. The summed E-state index contributed by atoms with van der Waals surface area (Å²) in [4.78, 5) is 7.04. The number of rotatable bonds is 2. The molecule has 2 heterocycles. The predicted octanol–water partition coefficient (Wildman–Crippen LogP) is 3.68. The molecular weight excluding hydrogens is 190 g/mol. The van der Waals surface area contributed by atoms with E-state index in [-0.39, 0.29) is 0 Å². The lowest BCUT2D eigenvalue weighted by Crippen LogP contribution is -1.79. The van der Waals surface area contributed by atoms with Gasteiger partial charge in [0.1, 0.15) is 0 Å². The van der Waals surface area contributed by atoms with Crippen molar-refractivity contribution in [3.63, 3.8) is 0 Å². The molecule has 2 aromatic rings. The highest BCUT2D eigenvalue weighted by Gasteiger charge is 2.01. The standard InChI is InChI=1S/C12H13NS/c1-3-11-6-7-12(14-11)10-5-4-9(2)13-8-10/h4-8H,3H2,1-2H3. The number of aromatic nitrogens is 1. The van der Waals surface area contributed by atoms with E-state index < -0.39 is 0 Å². The first-order valence-electron chi connectivity index (χ1n) is 4.81. The van der Waals surface area contributed by atoms with Gasteiger partial charge in [0, 0.05) is 27.2 Å². The van der Waals surface area contributed by atoms with Crippen molar-refractivity contribution in [2.24, 2.45) is 0 Å². The third-order valence-corrected chi connectivity index (χ3v) is 3.48. The normalized spacial score (nSPS) is 10.4. The van der Waals surface area contributed by atoms with Crippen LogP contribution in [0.1, 0.15) is 17.5 Å². The first-order valence-corrected chi connectivity index (χ1v) is 5.63. The van der Waals surface area contributed by atoms with E-state index in [0.717, 1.165) is 12.1 Å². The van der Waals surface area contributed by atoms with Gasteiger partial charge in [0.25, 0.3) is 0 Å². The van der Waals surface area contributed by atoms with Gasteiger partial charge < -0.3 is 0 Å². The highest BCUT2D eigenvalue weighted by Crippen LogP contribution is 2.27. The van der Waals surface area contributed by atoms with Crippen LogP contribution in [0, 0.1) is 6.92 Å². The minimum absolute atomic E-state index is 1.07. The summed E-state index contributed by atoms with van der Waals surface area (Å²) in [5.41, 5.74) is 2.29. The summed E-state index contributed by atoms with van der Waals surface area (Å²) < 4.78 is 0. The second kappa shape index (κ2) is 3.93. The molecule has 2 aromatic heterocycles. The fraction of sp³-hybridized carbons (Fsp3) is 0.250. The van der Waals surface area contributed by atoms with Crippen LogP contribution in [-0.4, -0.2) is 4.98 Å². The fourth-order valence-electron chi connectivity index (χ4n) is 1.34. The van der Waals surface area contributed by atoms with E-state index in [9.17, 15) is 0 Å². The summed E-state index contributed by atoms with van der Waals surface area (Å²) in [5.74, 6) is 0. The number of nitrogens with zero attached hydrogens (tertiary/aromatic N) is 1. The van der Waals surface area contributed by atoms with Crippen LogP contribution in [0.2, 0.25) is 0 Å². The summed E-state index contributed by atoms with van der Waals surface area (Å²) in [6.45, 7) is 4.19. The maximum atomic E-state index is 4.30. The zero-order valence-corrected chi connectivity index (χ0v) is 9.27. The van der Waals surface area contributed by atoms with Gasteiger partial charge >= 0.3 is 0 Å². The van der Waals surface area contributed by atoms with Crippen molar-refractivity contribution in [1.82, 2.24) is 4.98 Å². The van der Waals surface area contributed by atoms with E-state index in [1.165, 1.54) is 15.3 Å². The van der Waals surface area contributed by atoms with Crippen LogP contribution in [-0.2, 0) is 6.42 Å².